The van der Waals surface area contributed by atoms with Crippen LogP contribution in [-0.2, 0) is 4.79 Å². The predicted octanol–water partition coefficient (Wildman–Crippen LogP) is 2.52. The summed E-state index contributed by atoms with van der Waals surface area (Å²) in [5.41, 5.74) is 0. The maximum Gasteiger partial charge on any atom is 0.234 e. The van der Waals surface area contributed by atoms with Crippen molar-refractivity contribution in [2.45, 2.75) is 19.9 Å². The molecule has 2 N–H and O–H groups in total. The minimum Gasteiger partial charge on any atom is -0.494 e. The monoisotopic (exact) mass is 332 g/mol. The SMILES string of the molecule is CCOc1ccc(OCCNC(=O)CN[C@@H](C)c2ccco2)cc1. The van der Waals surface area contributed by atoms with E-state index in [1.165, 1.54) is 0 Å². The summed E-state index contributed by atoms with van der Waals surface area (Å²) in [5.74, 6) is 2.29. The first-order valence-corrected chi connectivity index (χ1v) is 8.08. The van der Waals surface area contributed by atoms with Gasteiger partial charge in [-0.2, -0.15) is 0 Å². The zero-order valence-corrected chi connectivity index (χ0v) is 14.1. The summed E-state index contributed by atoms with van der Waals surface area (Å²) in [5, 5.41) is 5.90. The molecule has 6 nitrogen and oxygen atoms in total. The smallest absolute Gasteiger partial charge is 0.234 e. The molecule has 2 rings (SSSR count). The van der Waals surface area contributed by atoms with E-state index in [2.05, 4.69) is 10.6 Å². The molecule has 2 aromatic rings. The summed E-state index contributed by atoms with van der Waals surface area (Å²) in [4.78, 5) is 11.8. The second-order valence-electron chi connectivity index (χ2n) is 5.22. The number of nitrogens with one attached hydrogen (secondary N) is 2. The molecular formula is C18H24N2O4. The van der Waals surface area contributed by atoms with Crippen LogP contribution in [0.15, 0.2) is 47.1 Å². The van der Waals surface area contributed by atoms with E-state index >= 15 is 0 Å². The lowest BCUT2D eigenvalue weighted by Crippen LogP contribution is -2.36. The second kappa shape index (κ2) is 9.62. The van der Waals surface area contributed by atoms with Crippen molar-refractivity contribution >= 4 is 5.91 Å². The van der Waals surface area contributed by atoms with E-state index in [0.29, 0.717) is 19.8 Å². The molecule has 0 bridgehead atoms. The topological polar surface area (TPSA) is 72.7 Å². The fourth-order valence-corrected chi connectivity index (χ4v) is 2.10. The number of hydrogen-bond donors (Lipinski definition) is 2. The Morgan fingerprint density at radius 3 is 2.50 bits per heavy atom. The molecule has 1 amide bonds. The van der Waals surface area contributed by atoms with Gasteiger partial charge < -0.3 is 19.2 Å². The van der Waals surface area contributed by atoms with Crippen molar-refractivity contribution in [3.8, 4) is 11.5 Å². The highest BCUT2D eigenvalue weighted by atomic mass is 16.5. The van der Waals surface area contributed by atoms with Crippen LogP contribution in [0.2, 0.25) is 0 Å². The zero-order valence-electron chi connectivity index (χ0n) is 14.1. The van der Waals surface area contributed by atoms with Crippen molar-refractivity contribution in [2.75, 3.05) is 26.3 Å². The van der Waals surface area contributed by atoms with E-state index in [1.54, 1.807) is 6.26 Å². The van der Waals surface area contributed by atoms with Gasteiger partial charge in [0, 0.05) is 0 Å². The molecule has 6 heteroatoms. The van der Waals surface area contributed by atoms with Crippen molar-refractivity contribution in [1.82, 2.24) is 10.6 Å². The number of carbonyl (C=O) groups is 1. The van der Waals surface area contributed by atoms with Crippen LogP contribution in [0.4, 0.5) is 0 Å². The normalized spacial score (nSPS) is 11.8. The standard InChI is InChI=1S/C18H24N2O4/c1-3-22-15-6-8-16(9-7-15)23-12-10-19-18(21)13-20-14(2)17-5-4-11-24-17/h4-9,11,14,20H,3,10,12-13H2,1-2H3,(H,19,21)/t14-/m0/s1. The first-order valence-electron chi connectivity index (χ1n) is 8.08. The van der Waals surface area contributed by atoms with E-state index in [9.17, 15) is 4.79 Å². The summed E-state index contributed by atoms with van der Waals surface area (Å²) in [6, 6.07) is 11.1. The van der Waals surface area contributed by atoms with Crippen molar-refractivity contribution in [1.29, 1.82) is 0 Å². The van der Waals surface area contributed by atoms with Crippen molar-refractivity contribution in [2.24, 2.45) is 0 Å². The minimum atomic E-state index is -0.0799. The highest BCUT2D eigenvalue weighted by Gasteiger charge is 2.09. The van der Waals surface area contributed by atoms with Gasteiger partial charge >= 0.3 is 0 Å². The lowest BCUT2D eigenvalue weighted by atomic mass is 10.2. The van der Waals surface area contributed by atoms with Gasteiger partial charge in [-0.25, -0.2) is 0 Å². The Hall–Kier alpha value is -2.47. The van der Waals surface area contributed by atoms with Crippen molar-refractivity contribution < 1.29 is 18.7 Å². The Labute approximate surface area is 142 Å². The molecule has 24 heavy (non-hydrogen) atoms. The van der Waals surface area contributed by atoms with Crippen LogP contribution in [0.25, 0.3) is 0 Å². The fourth-order valence-electron chi connectivity index (χ4n) is 2.10. The van der Waals surface area contributed by atoms with Gasteiger partial charge in [-0.3, -0.25) is 10.1 Å². The molecule has 1 atom stereocenters. The summed E-state index contributed by atoms with van der Waals surface area (Å²) in [6.07, 6.45) is 1.62. The molecule has 0 radical (unpaired) electrons. The van der Waals surface area contributed by atoms with Gasteiger partial charge in [-0.1, -0.05) is 0 Å². The van der Waals surface area contributed by atoms with Crippen LogP contribution in [0, 0.1) is 0 Å². The molecule has 0 unspecified atom stereocenters. The molecule has 130 valence electrons. The molecule has 0 aliphatic rings. The molecule has 1 aromatic carbocycles. The van der Waals surface area contributed by atoms with E-state index in [0.717, 1.165) is 17.3 Å². The van der Waals surface area contributed by atoms with Gasteiger partial charge in [0.2, 0.25) is 5.91 Å². The molecule has 0 aliphatic heterocycles. The molecule has 1 heterocycles. The highest BCUT2D eigenvalue weighted by molar-refractivity contribution is 5.78. The van der Waals surface area contributed by atoms with Gasteiger partial charge in [0.1, 0.15) is 23.9 Å². The Bertz CT molecular complexity index is 596. The number of benzene rings is 1. The van der Waals surface area contributed by atoms with Crippen LogP contribution < -0.4 is 20.1 Å². The zero-order chi connectivity index (χ0) is 17.2. The molecule has 1 aromatic heterocycles. The summed E-state index contributed by atoms with van der Waals surface area (Å²) >= 11 is 0. The summed E-state index contributed by atoms with van der Waals surface area (Å²) < 4.78 is 16.2. The third-order valence-electron chi connectivity index (χ3n) is 3.37. The van der Waals surface area contributed by atoms with Gasteiger partial charge in [0.15, 0.2) is 0 Å². The van der Waals surface area contributed by atoms with Crippen LogP contribution in [0.5, 0.6) is 11.5 Å². The van der Waals surface area contributed by atoms with Gasteiger partial charge in [-0.15, -0.1) is 0 Å². The third-order valence-corrected chi connectivity index (χ3v) is 3.37. The average molecular weight is 332 g/mol. The fraction of sp³-hybridized carbons (Fsp3) is 0.389. The maximum atomic E-state index is 11.8. The van der Waals surface area contributed by atoms with E-state index in [4.69, 9.17) is 13.9 Å². The molecular weight excluding hydrogens is 308 g/mol. The molecule has 0 spiro atoms. The lowest BCUT2D eigenvalue weighted by Gasteiger charge is -2.12. The Morgan fingerprint density at radius 1 is 1.17 bits per heavy atom. The summed E-state index contributed by atoms with van der Waals surface area (Å²) in [6.45, 7) is 5.61. The van der Waals surface area contributed by atoms with Crippen LogP contribution >= 0.6 is 0 Å². The van der Waals surface area contributed by atoms with E-state index < -0.39 is 0 Å². The molecule has 0 saturated carbocycles. The number of hydrogen-bond acceptors (Lipinski definition) is 5. The van der Waals surface area contributed by atoms with E-state index in [-0.39, 0.29) is 18.5 Å². The first kappa shape index (κ1) is 17.9. The summed E-state index contributed by atoms with van der Waals surface area (Å²) in [7, 11) is 0. The van der Waals surface area contributed by atoms with Gasteiger partial charge in [0.25, 0.3) is 0 Å². The molecule has 0 saturated heterocycles. The number of carbonyl (C=O) groups excluding carboxylic acids is 1. The molecule has 0 fully saturated rings. The van der Waals surface area contributed by atoms with Crippen LogP contribution in [0.1, 0.15) is 25.6 Å². The second-order valence-corrected chi connectivity index (χ2v) is 5.22. The number of furan rings is 1. The number of ether oxygens (including phenoxy) is 2. The Balaban J connectivity index is 1.59. The Morgan fingerprint density at radius 2 is 1.88 bits per heavy atom. The highest BCUT2D eigenvalue weighted by Crippen LogP contribution is 2.17. The number of amides is 1. The largest absolute Gasteiger partial charge is 0.494 e. The first-order chi connectivity index (χ1) is 11.7. The number of rotatable bonds is 10. The van der Waals surface area contributed by atoms with E-state index in [1.807, 2.05) is 50.2 Å². The quantitative estimate of drug-likeness (QED) is 0.654. The van der Waals surface area contributed by atoms with Gasteiger partial charge in [-0.05, 0) is 50.2 Å². The lowest BCUT2D eigenvalue weighted by molar-refractivity contribution is -0.120. The van der Waals surface area contributed by atoms with Crippen molar-refractivity contribution in [3.63, 3.8) is 0 Å². The van der Waals surface area contributed by atoms with Crippen LogP contribution in [-0.4, -0.2) is 32.2 Å². The van der Waals surface area contributed by atoms with Crippen molar-refractivity contribution in [3.05, 3.63) is 48.4 Å². The maximum absolute atomic E-state index is 11.8. The molecule has 0 aliphatic carbocycles. The minimum absolute atomic E-state index is 0.00847. The predicted molar refractivity (Wildman–Crippen MR) is 91.2 cm³/mol. The van der Waals surface area contributed by atoms with Crippen LogP contribution in [0.3, 0.4) is 0 Å². The van der Waals surface area contributed by atoms with Gasteiger partial charge in [0.05, 0.1) is 32.0 Å². The average Bonchev–Trinajstić information content (AvgIpc) is 3.13. The third kappa shape index (κ3) is 5.96. The Kier molecular flexibility index (Phi) is 7.17.